The number of hydrogen-bond donors (Lipinski definition) is 3. The van der Waals surface area contributed by atoms with E-state index in [1.165, 1.54) is 35.2 Å². The molecule has 14 heteroatoms. The topological polar surface area (TPSA) is 131 Å². The molecule has 0 radical (unpaired) electrons. The Hall–Kier alpha value is -4.10. The van der Waals surface area contributed by atoms with Crippen LogP contribution in [0.4, 0.5) is 24.9 Å². The predicted octanol–water partition coefficient (Wildman–Crippen LogP) is 4.77. The van der Waals surface area contributed by atoms with Crippen LogP contribution < -0.4 is 20.7 Å². The van der Waals surface area contributed by atoms with E-state index >= 15 is 0 Å². The molecule has 0 unspecified atom stereocenters. The maximum absolute atomic E-state index is 14.6. The van der Waals surface area contributed by atoms with Gasteiger partial charge in [0.1, 0.15) is 18.2 Å². The number of para-hydroxylation sites is 2. The summed E-state index contributed by atoms with van der Waals surface area (Å²) < 4.78 is 51.0. The number of nitrogens with two attached hydrogens (primary N) is 1. The molecule has 6 rings (SSSR count). The highest BCUT2D eigenvalue weighted by molar-refractivity contribution is 6.30. The average molecular weight is 602 g/mol. The zero-order valence-corrected chi connectivity index (χ0v) is 22.9. The molecule has 2 fully saturated rings. The lowest BCUT2D eigenvalue weighted by Gasteiger charge is -2.39. The van der Waals surface area contributed by atoms with Gasteiger partial charge in [-0.05, 0) is 48.9 Å². The third-order valence-corrected chi connectivity index (χ3v) is 8.27. The molecule has 220 valence electrons. The van der Waals surface area contributed by atoms with Crippen molar-refractivity contribution in [2.75, 3.05) is 30.3 Å². The number of nitrogens with one attached hydrogen (secondary N) is 1. The van der Waals surface area contributed by atoms with Crippen molar-refractivity contribution < 1.29 is 27.8 Å². The third-order valence-electron chi connectivity index (χ3n) is 8.04. The van der Waals surface area contributed by atoms with Crippen molar-refractivity contribution >= 4 is 40.4 Å². The van der Waals surface area contributed by atoms with Crippen LogP contribution in [0.2, 0.25) is 5.02 Å². The molecular weight excluding hydrogens is 575 g/mol. The number of ether oxygens (including phenoxy) is 1. The number of fused-ring (bicyclic) bond motifs is 1. The van der Waals surface area contributed by atoms with Crippen molar-refractivity contribution in [1.82, 2.24) is 24.8 Å². The summed E-state index contributed by atoms with van der Waals surface area (Å²) in [4.78, 5) is 25.8. The summed E-state index contributed by atoms with van der Waals surface area (Å²) in [6.45, 7) is 1.66. The van der Waals surface area contributed by atoms with Crippen LogP contribution in [-0.4, -0.2) is 62.4 Å². The van der Waals surface area contributed by atoms with Gasteiger partial charge in [-0.15, -0.1) is 0 Å². The SMILES string of the molecule is Nc1nc(O[C@H](c2ccc(Cl)cc2-n2cnc3ccccc32)C(F)(F)F)cc(N2CCC3(CC2)CN[C@H](C(=O)O)C3)n1. The number of alkyl halides is 3. The lowest BCUT2D eigenvalue weighted by Crippen LogP contribution is -2.41. The predicted molar refractivity (Wildman–Crippen MR) is 150 cm³/mol. The van der Waals surface area contributed by atoms with Gasteiger partial charge in [0.05, 0.1) is 16.7 Å². The number of nitrogen functional groups attached to an aromatic ring is 1. The fourth-order valence-corrected chi connectivity index (χ4v) is 6.03. The summed E-state index contributed by atoms with van der Waals surface area (Å²) in [6.07, 6.45) is -3.87. The molecule has 2 aliphatic rings. The minimum absolute atomic E-state index is 0.151. The molecule has 2 saturated heterocycles. The van der Waals surface area contributed by atoms with Crippen molar-refractivity contribution in [3.63, 3.8) is 0 Å². The number of halogens is 4. The number of aliphatic carboxylic acids is 1. The summed E-state index contributed by atoms with van der Waals surface area (Å²) in [5.74, 6) is -1.09. The van der Waals surface area contributed by atoms with E-state index < -0.39 is 24.3 Å². The van der Waals surface area contributed by atoms with Crippen molar-refractivity contribution in [2.45, 2.75) is 37.6 Å². The Bertz CT molecular complexity index is 1640. The molecule has 10 nitrogen and oxygen atoms in total. The van der Waals surface area contributed by atoms with Crippen LogP contribution in [0.15, 0.2) is 54.9 Å². The number of carbonyl (C=O) groups is 1. The van der Waals surface area contributed by atoms with Crippen molar-refractivity contribution in [3.8, 4) is 11.6 Å². The Morgan fingerprint density at radius 2 is 1.93 bits per heavy atom. The monoisotopic (exact) mass is 601 g/mol. The molecule has 2 atom stereocenters. The number of nitrogens with zero attached hydrogens (tertiary/aromatic N) is 5. The highest BCUT2D eigenvalue weighted by Gasteiger charge is 2.46. The summed E-state index contributed by atoms with van der Waals surface area (Å²) >= 11 is 6.23. The van der Waals surface area contributed by atoms with E-state index in [0.717, 1.165) is 0 Å². The minimum Gasteiger partial charge on any atom is -0.480 e. The van der Waals surface area contributed by atoms with E-state index in [1.807, 2.05) is 4.90 Å². The van der Waals surface area contributed by atoms with Gasteiger partial charge in [-0.3, -0.25) is 9.36 Å². The zero-order valence-electron chi connectivity index (χ0n) is 22.2. The van der Waals surface area contributed by atoms with Crippen LogP contribution in [-0.2, 0) is 4.79 Å². The first-order chi connectivity index (χ1) is 20.0. The Morgan fingerprint density at radius 1 is 1.17 bits per heavy atom. The van der Waals surface area contributed by atoms with E-state index in [2.05, 4.69) is 20.3 Å². The Kier molecular flexibility index (Phi) is 7.09. The fourth-order valence-electron chi connectivity index (χ4n) is 5.86. The molecule has 42 heavy (non-hydrogen) atoms. The number of carboxylic acid groups (broad SMARTS) is 1. The second-order valence-corrected chi connectivity index (χ2v) is 11.2. The summed E-state index contributed by atoms with van der Waals surface area (Å²) in [7, 11) is 0. The van der Waals surface area contributed by atoms with Gasteiger partial charge in [-0.1, -0.05) is 29.8 Å². The Balaban J connectivity index is 1.29. The molecule has 4 N–H and O–H groups in total. The first-order valence-electron chi connectivity index (χ1n) is 13.3. The lowest BCUT2D eigenvalue weighted by molar-refractivity contribution is -0.198. The Morgan fingerprint density at radius 3 is 2.64 bits per heavy atom. The lowest BCUT2D eigenvalue weighted by atomic mass is 9.76. The molecule has 2 aromatic carbocycles. The Labute approximate surface area is 243 Å². The fraction of sp³-hybridized carbons (Fsp3) is 0.357. The number of anilines is 2. The van der Waals surface area contributed by atoms with Gasteiger partial charge >= 0.3 is 12.1 Å². The van der Waals surface area contributed by atoms with Crippen LogP contribution in [0.5, 0.6) is 5.88 Å². The summed E-state index contributed by atoms with van der Waals surface area (Å²) in [5, 5.41) is 12.7. The van der Waals surface area contributed by atoms with Crippen LogP contribution in [0.25, 0.3) is 16.7 Å². The van der Waals surface area contributed by atoms with E-state index in [0.29, 0.717) is 55.7 Å². The van der Waals surface area contributed by atoms with E-state index in [9.17, 15) is 23.1 Å². The molecule has 2 aliphatic heterocycles. The quantitative estimate of drug-likeness (QED) is 0.286. The summed E-state index contributed by atoms with van der Waals surface area (Å²) in [6, 6.07) is 11.9. The number of hydrogen-bond acceptors (Lipinski definition) is 8. The van der Waals surface area contributed by atoms with Crippen molar-refractivity contribution in [1.29, 1.82) is 0 Å². The second-order valence-electron chi connectivity index (χ2n) is 10.7. The number of aromatic nitrogens is 4. The first-order valence-corrected chi connectivity index (χ1v) is 13.7. The highest BCUT2D eigenvalue weighted by atomic mass is 35.5. The molecule has 4 heterocycles. The first kappa shape index (κ1) is 28.0. The highest BCUT2D eigenvalue weighted by Crippen LogP contribution is 2.42. The van der Waals surface area contributed by atoms with Gasteiger partial charge in [0.25, 0.3) is 0 Å². The van der Waals surface area contributed by atoms with Crippen LogP contribution >= 0.6 is 11.6 Å². The largest absolute Gasteiger partial charge is 0.480 e. The molecule has 0 amide bonds. The van der Waals surface area contributed by atoms with Gasteiger partial charge in [0.15, 0.2) is 0 Å². The van der Waals surface area contributed by atoms with E-state index in [4.69, 9.17) is 22.1 Å². The third kappa shape index (κ3) is 5.41. The van der Waals surface area contributed by atoms with Crippen molar-refractivity contribution in [2.24, 2.45) is 5.41 Å². The number of imidazole rings is 1. The average Bonchev–Trinajstić information content (AvgIpc) is 3.56. The van der Waals surface area contributed by atoms with Crippen LogP contribution in [0, 0.1) is 5.41 Å². The van der Waals surface area contributed by atoms with Crippen LogP contribution in [0.1, 0.15) is 30.9 Å². The van der Waals surface area contributed by atoms with Gasteiger partial charge in [0, 0.05) is 36.3 Å². The smallest absolute Gasteiger partial charge is 0.429 e. The molecule has 0 aliphatic carbocycles. The van der Waals surface area contributed by atoms with Gasteiger partial charge in [0.2, 0.25) is 17.9 Å². The number of piperidine rings is 1. The normalized spacial score (nSPS) is 19.3. The number of carboxylic acids is 1. The molecule has 0 saturated carbocycles. The number of benzene rings is 2. The molecular formula is C28H27ClF3N7O3. The van der Waals surface area contributed by atoms with Gasteiger partial charge in [-0.2, -0.15) is 23.1 Å². The molecule has 2 aromatic heterocycles. The molecule has 0 bridgehead atoms. The standard InChI is InChI=1S/C28H27ClF3N7O3/c29-16-5-6-17(21(11-16)39-15-35-18-3-1-2-4-20(18)39)24(28(30,31)32)42-23-12-22(36-26(33)37-23)38-9-7-27(8-10-38)13-19(25(40)41)34-14-27/h1-6,11-12,15,19,24,34H,7-10,13-14H2,(H,40,41)(H2,33,36,37)/t19-,24+/m0/s1. The van der Waals surface area contributed by atoms with Crippen molar-refractivity contribution in [3.05, 3.63) is 65.4 Å². The van der Waals surface area contributed by atoms with Gasteiger partial charge in [-0.25, -0.2) is 4.98 Å². The van der Waals surface area contributed by atoms with E-state index in [1.54, 1.807) is 24.3 Å². The maximum atomic E-state index is 14.6. The van der Waals surface area contributed by atoms with E-state index in [-0.39, 0.29) is 33.5 Å². The number of rotatable bonds is 6. The second kappa shape index (κ2) is 10.6. The van der Waals surface area contributed by atoms with Gasteiger partial charge < -0.3 is 25.8 Å². The zero-order chi connectivity index (χ0) is 29.6. The molecule has 1 spiro atoms. The van der Waals surface area contributed by atoms with Crippen LogP contribution in [0.3, 0.4) is 0 Å². The minimum atomic E-state index is -4.83. The molecule has 4 aromatic rings. The summed E-state index contributed by atoms with van der Waals surface area (Å²) in [5.41, 5.74) is 6.96. The maximum Gasteiger partial charge on any atom is 0.429 e.